The number of alkyl halides is 3. The molecule has 0 fully saturated rings. The van der Waals surface area contributed by atoms with Gasteiger partial charge in [-0.3, -0.25) is 10.2 Å². The van der Waals surface area contributed by atoms with Gasteiger partial charge < -0.3 is 4.57 Å². The first-order valence-corrected chi connectivity index (χ1v) is 10.2. The number of halogens is 4. The number of nitrogens with zero attached hydrogens (tertiary/aromatic N) is 4. The van der Waals surface area contributed by atoms with Gasteiger partial charge in [-0.25, -0.2) is 0 Å². The third kappa shape index (κ3) is 3.70. The van der Waals surface area contributed by atoms with Crippen molar-refractivity contribution in [1.29, 1.82) is 5.41 Å². The summed E-state index contributed by atoms with van der Waals surface area (Å²) >= 11 is 6.28. The van der Waals surface area contributed by atoms with Crippen LogP contribution < -0.4 is 0 Å². The highest BCUT2D eigenvalue weighted by Gasteiger charge is 2.46. The minimum Gasteiger partial charge on any atom is -0.318 e. The predicted molar refractivity (Wildman–Crippen MR) is 116 cm³/mol. The molecule has 3 heterocycles. The van der Waals surface area contributed by atoms with Gasteiger partial charge in [0.25, 0.3) is 5.91 Å². The summed E-state index contributed by atoms with van der Waals surface area (Å²) in [7, 11) is 0. The second kappa shape index (κ2) is 7.38. The molecule has 31 heavy (non-hydrogen) atoms. The largest absolute Gasteiger partial charge is 0.441 e. The molecule has 4 rings (SSSR count). The first kappa shape index (κ1) is 21.4. The van der Waals surface area contributed by atoms with E-state index in [1.165, 1.54) is 6.08 Å². The lowest BCUT2D eigenvalue weighted by atomic mass is 10.1. The van der Waals surface area contributed by atoms with Crippen LogP contribution in [0.1, 0.15) is 22.5 Å². The fourth-order valence-electron chi connectivity index (χ4n) is 3.44. The Morgan fingerprint density at radius 1 is 1.19 bits per heavy atom. The lowest BCUT2D eigenvalue weighted by molar-refractivity contribution is -0.114. The number of benzene rings is 1. The highest BCUT2D eigenvalue weighted by Crippen LogP contribution is 2.35. The second-order valence-electron chi connectivity index (χ2n) is 7.02. The highest BCUT2D eigenvalue weighted by atomic mass is 35.5. The number of carbonyl (C=O) groups is 1. The van der Waals surface area contributed by atoms with Crippen LogP contribution in [0.2, 0.25) is 5.02 Å². The van der Waals surface area contributed by atoms with E-state index >= 15 is 0 Å². The number of amides is 1. The lowest BCUT2D eigenvalue weighted by Crippen LogP contribution is -2.35. The SMILES string of the molecule is Cc1cc(Cl)ccc1-n1c(C)cc(/C=C2/C(=N)N3N=C(C(F)(F)F)SC3=NC2=O)c1C. The van der Waals surface area contributed by atoms with Crippen molar-refractivity contribution in [2.24, 2.45) is 10.1 Å². The number of hydrazone groups is 1. The Balaban J connectivity index is 1.76. The number of thioether (sulfide) groups is 1. The minimum absolute atomic E-state index is 0.135. The monoisotopic (exact) mass is 465 g/mol. The molecule has 0 aliphatic carbocycles. The summed E-state index contributed by atoms with van der Waals surface area (Å²) in [5.41, 5.74) is 4.04. The molecule has 0 unspecified atom stereocenters. The molecule has 0 saturated carbocycles. The van der Waals surface area contributed by atoms with E-state index in [-0.39, 0.29) is 22.5 Å². The van der Waals surface area contributed by atoms with Crippen LogP contribution in [0.25, 0.3) is 11.8 Å². The standard InChI is InChI=1S/C20H15ClF3N5OS/c1-9-6-13(21)4-5-15(9)28-10(2)7-12(11(28)3)8-14-16(25)29-19(26-17(14)30)31-18(27-29)20(22,23)24/h4-8,25H,1-3H3/b14-8-,25-16?. The van der Waals surface area contributed by atoms with Crippen LogP contribution in [0.3, 0.4) is 0 Å². The zero-order chi connectivity index (χ0) is 22.7. The van der Waals surface area contributed by atoms with Crippen LogP contribution in [0.4, 0.5) is 13.2 Å². The van der Waals surface area contributed by atoms with Crippen molar-refractivity contribution >= 4 is 51.4 Å². The average molecular weight is 466 g/mol. The normalized spacial score (nSPS) is 17.9. The topological polar surface area (TPSA) is 73.8 Å². The molecular formula is C20H15ClF3N5OS. The summed E-state index contributed by atoms with van der Waals surface area (Å²) in [5.74, 6) is -1.23. The smallest absolute Gasteiger partial charge is 0.318 e. The van der Waals surface area contributed by atoms with E-state index in [0.717, 1.165) is 27.6 Å². The van der Waals surface area contributed by atoms with E-state index < -0.39 is 23.0 Å². The quantitative estimate of drug-likeness (QED) is 0.616. The van der Waals surface area contributed by atoms with Crippen molar-refractivity contribution in [3.8, 4) is 5.69 Å². The van der Waals surface area contributed by atoms with E-state index in [1.807, 2.05) is 43.5 Å². The van der Waals surface area contributed by atoms with E-state index in [4.69, 9.17) is 17.0 Å². The van der Waals surface area contributed by atoms with Gasteiger partial charge in [-0.15, -0.1) is 0 Å². The number of hydrogen-bond donors (Lipinski definition) is 1. The van der Waals surface area contributed by atoms with Gasteiger partial charge in [0.15, 0.2) is 5.84 Å². The number of aromatic nitrogens is 1. The first-order chi connectivity index (χ1) is 14.5. The second-order valence-corrected chi connectivity index (χ2v) is 8.41. The number of amidine groups is 2. The molecule has 1 amide bonds. The molecule has 0 spiro atoms. The zero-order valence-electron chi connectivity index (χ0n) is 16.5. The molecule has 1 aromatic carbocycles. The molecule has 0 atom stereocenters. The Bertz CT molecular complexity index is 1240. The van der Waals surface area contributed by atoms with Gasteiger partial charge >= 0.3 is 6.18 Å². The maximum absolute atomic E-state index is 13.0. The van der Waals surface area contributed by atoms with Gasteiger partial charge in [0, 0.05) is 22.1 Å². The van der Waals surface area contributed by atoms with Crippen molar-refractivity contribution in [2.45, 2.75) is 26.9 Å². The van der Waals surface area contributed by atoms with E-state index in [1.54, 1.807) is 6.07 Å². The third-order valence-corrected chi connectivity index (χ3v) is 6.06. The lowest BCUT2D eigenvalue weighted by Gasteiger charge is -2.20. The molecule has 2 aliphatic rings. The molecule has 2 aromatic rings. The van der Waals surface area contributed by atoms with Crippen molar-refractivity contribution in [3.05, 3.63) is 57.4 Å². The number of aliphatic imine (C=N–C) groups is 1. The van der Waals surface area contributed by atoms with Gasteiger partial charge in [0.05, 0.1) is 5.57 Å². The molecule has 1 N–H and O–H groups in total. The summed E-state index contributed by atoms with van der Waals surface area (Å²) in [6.45, 7) is 5.67. The number of aryl methyl sites for hydroxylation is 2. The third-order valence-electron chi connectivity index (χ3n) is 4.87. The van der Waals surface area contributed by atoms with Gasteiger partial charge in [-0.1, -0.05) is 11.6 Å². The number of fused-ring (bicyclic) bond motifs is 1. The molecule has 2 aliphatic heterocycles. The summed E-state index contributed by atoms with van der Waals surface area (Å²) in [5, 5.41) is 11.6. The highest BCUT2D eigenvalue weighted by molar-refractivity contribution is 8.27. The maximum atomic E-state index is 13.0. The Morgan fingerprint density at radius 3 is 2.55 bits per heavy atom. The van der Waals surface area contributed by atoms with Gasteiger partial charge in [-0.2, -0.15) is 28.3 Å². The maximum Gasteiger partial charge on any atom is 0.441 e. The van der Waals surface area contributed by atoms with E-state index in [9.17, 15) is 18.0 Å². The predicted octanol–water partition coefficient (Wildman–Crippen LogP) is 5.24. The van der Waals surface area contributed by atoms with Gasteiger partial charge in [-0.05, 0) is 74.0 Å². The molecule has 160 valence electrons. The minimum atomic E-state index is -4.68. The number of nitrogens with one attached hydrogen (secondary N) is 1. The first-order valence-electron chi connectivity index (χ1n) is 9.00. The Kier molecular flexibility index (Phi) is 5.09. The molecular weight excluding hydrogens is 451 g/mol. The van der Waals surface area contributed by atoms with E-state index in [0.29, 0.717) is 10.6 Å². The van der Waals surface area contributed by atoms with Crippen LogP contribution in [-0.2, 0) is 4.79 Å². The summed E-state index contributed by atoms with van der Waals surface area (Å²) in [4.78, 5) is 16.2. The van der Waals surface area contributed by atoms with Gasteiger partial charge in [0.2, 0.25) is 10.2 Å². The van der Waals surface area contributed by atoms with Crippen LogP contribution in [0.5, 0.6) is 0 Å². The number of carbonyl (C=O) groups excluding carboxylic acids is 1. The van der Waals surface area contributed by atoms with E-state index in [2.05, 4.69) is 10.1 Å². The van der Waals surface area contributed by atoms with Crippen molar-refractivity contribution in [2.75, 3.05) is 0 Å². The van der Waals surface area contributed by atoms with Crippen LogP contribution in [-0.4, -0.2) is 37.7 Å². The molecule has 0 radical (unpaired) electrons. The summed E-state index contributed by atoms with van der Waals surface area (Å²) < 4.78 is 40.9. The molecule has 0 saturated heterocycles. The molecule has 0 bridgehead atoms. The fraction of sp³-hybridized carbons (Fsp3) is 0.200. The fourth-order valence-corrected chi connectivity index (χ4v) is 4.42. The Labute approximate surface area is 184 Å². The molecule has 11 heteroatoms. The number of rotatable bonds is 2. The van der Waals surface area contributed by atoms with Crippen LogP contribution >= 0.6 is 23.4 Å². The Morgan fingerprint density at radius 2 is 1.90 bits per heavy atom. The summed E-state index contributed by atoms with van der Waals surface area (Å²) in [6.07, 6.45) is -3.22. The van der Waals surface area contributed by atoms with Crippen LogP contribution in [0.15, 0.2) is 39.9 Å². The summed E-state index contributed by atoms with van der Waals surface area (Å²) in [6, 6.07) is 7.33. The van der Waals surface area contributed by atoms with Crippen molar-refractivity contribution in [3.63, 3.8) is 0 Å². The zero-order valence-corrected chi connectivity index (χ0v) is 18.1. The molecule has 6 nitrogen and oxygen atoms in total. The Hall–Kier alpha value is -2.85. The van der Waals surface area contributed by atoms with Crippen molar-refractivity contribution in [1.82, 2.24) is 9.58 Å². The van der Waals surface area contributed by atoms with Gasteiger partial charge in [0.1, 0.15) is 0 Å². The van der Waals surface area contributed by atoms with Crippen molar-refractivity contribution < 1.29 is 18.0 Å². The molecule has 1 aromatic heterocycles. The average Bonchev–Trinajstić information content (AvgIpc) is 3.21. The number of hydrogen-bond acceptors (Lipinski definition) is 4. The van der Waals surface area contributed by atoms with Crippen LogP contribution in [0, 0.1) is 26.2 Å².